The predicted molar refractivity (Wildman–Crippen MR) is 94.0 cm³/mol. The van der Waals surface area contributed by atoms with Gasteiger partial charge >= 0.3 is 6.03 Å². The number of aliphatic hydroxyl groups is 1. The van der Waals surface area contributed by atoms with Crippen LogP contribution in [-0.4, -0.2) is 28.3 Å². The van der Waals surface area contributed by atoms with Crippen LogP contribution in [0.25, 0.3) is 11.5 Å². The number of urea groups is 1. The van der Waals surface area contributed by atoms with Gasteiger partial charge in [-0.15, -0.1) is 0 Å². The maximum Gasteiger partial charge on any atom is 0.319 e. The Morgan fingerprint density at radius 2 is 2.00 bits per heavy atom. The first kappa shape index (κ1) is 18.0. The van der Waals surface area contributed by atoms with Crippen molar-refractivity contribution in [3.8, 4) is 11.5 Å². The lowest BCUT2D eigenvalue weighted by Crippen LogP contribution is -2.52. The maximum absolute atomic E-state index is 12.3. The number of nitrogens with one attached hydrogen (secondary N) is 2. The summed E-state index contributed by atoms with van der Waals surface area (Å²) in [6.45, 7) is 7.56. The van der Waals surface area contributed by atoms with E-state index in [1.54, 1.807) is 6.26 Å². The standard InChI is InChI=1S/C18H25N3O3/c1-5-18(6-2,11-22)21-17(23)20-15-9-14(8-7-12(15)3)16-19-13(4)10-24-16/h7-10,22H,5-6,11H2,1-4H3,(H2,20,21,23). The van der Waals surface area contributed by atoms with Crippen LogP contribution >= 0.6 is 0 Å². The van der Waals surface area contributed by atoms with Gasteiger partial charge in [0.25, 0.3) is 0 Å². The number of aromatic nitrogens is 1. The van der Waals surface area contributed by atoms with Crippen LogP contribution in [0.3, 0.4) is 0 Å². The number of anilines is 1. The largest absolute Gasteiger partial charge is 0.444 e. The number of hydrogen-bond donors (Lipinski definition) is 3. The Labute approximate surface area is 142 Å². The second kappa shape index (κ2) is 7.49. The lowest BCUT2D eigenvalue weighted by Gasteiger charge is -2.30. The predicted octanol–water partition coefficient (Wildman–Crippen LogP) is 3.63. The van der Waals surface area contributed by atoms with Crippen molar-refractivity contribution in [2.24, 2.45) is 0 Å². The van der Waals surface area contributed by atoms with Gasteiger partial charge in [0.2, 0.25) is 5.89 Å². The molecule has 0 aliphatic heterocycles. The smallest absolute Gasteiger partial charge is 0.319 e. The van der Waals surface area contributed by atoms with Crippen molar-refractivity contribution in [3.63, 3.8) is 0 Å². The molecule has 0 atom stereocenters. The zero-order chi connectivity index (χ0) is 17.7. The number of hydrogen-bond acceptors (Lipinski definition) is 4. The summed E-state index contributed by atoms with van der Waals surface area (Å²) in [5.74, 6) is 0.516. The van der Waals surface area contributed by atoms with E-state index in [0.29, 0.717) is 24.4 Å². The molecular formula is C18H25N3O3. The van der Waals surface area contributed by atoms with E-state index < -0.39 is 5.54 Å². The van der Waals surface area contributed by atoms with E-state index in [0.717, 1.165) is 16.8 Å². The van der Waals surface area contributed by atoms with Crippen molar-refractivity contribution in [3.05, 3.63) is 35.7 Å². The molecular weight excluding hydrogens is 306 g/mol. The number of carbonyl (C=O) groups is 1. The first-order chi connectivity index (χ1) is 11.4. The number of amides is 2. The first-order valence-electron chi connectivity index (χ1n) is 8.16. The van der Waals surface area contributed by atoms with Crippen molar-refractivity contribution < 1.29 is 14.3 Å². The molecule has 1 aromatic heterocycles. The second-order valence-electron chi connectivity index (χ2n) is 6.05. The van der Waals surface area contributed by atoms with Gasteiger partial charge in [-0.25, -0.2) is 9.78 Å². The molecule has 0 aliphatic rings. The second-order valence-corrected chi connectivity index (χ2v) is 6.05. The summed E-state index contributed by atoms with van der Waals surface area (Å²) in [6.07, 6.45) is 2.90. The summed E-state index contributed by atoms with van der Waals surface area (Å²) in [6, 6.07) is 5.30. The van der Waals surface area contributed by atoms with Crippen LogP contribution in [0.15, 0.2) is 28.9 Å². The lowest BCUT2D eigenvalue weighted by molar-refractivity contribution is 0.155. The fourth-order valence-corrected chi connectivity index (χ4v) is 2.46. The van der Waals surface area contributed by atoms with Gasteiger partial charge in [-0.2, -0.15) is 0 Å². The average Bonchev–Trinajstić information content (AvgIpc) is 3.01. The molecule has 2 rings (SSSR count). The third-order valence-corrected chi connectivity index (χ3v) is 4.39. The van der Waals surface area contributed by atoms with E-state index >= 15 is 0 Å². The van der Waals surface area contributed by atoms with Crippen LogP contribution in [0.4, 0.5) is 10.5 Å². The molecule has 0 saturated heterocycles. The SMILES string of the molecule is CCC(CC)(CO)NC(=O)Nc1cc(-c2nc(C)co2)ccc1C. The van der Waals surface area contributed by atoms with Crippen molar-refractivity contribution in [2.75, 3.05) is 11.9 Å². The third-order valence-electron chi connectivity index (χ3n) is 4.39. The Morgan fingerprint density at radius 3 is 2.54 bits per heavy atom. The minimum absolute atomic E-state index is 0.0952. The number of benzene rings is 1. The highest BCUT2D eigenvalue weighted by Crippen LogP contribution is 2.25. The van der Waals surface area contributed by atoms with E-state index in [-0.39, 0.29) is 12.6 Å². The van der Waals surface area contributed by atoms with Crippen LogP contribution in [0.5, 0.6) is 0 Å². The molecule has 6 nitrogen and oxygen atoms in total. The first-order valence-corrected chi connectivity index (χ1v) is 8.16. The molecule has 0 fully saturated rings. The molecule has 24 heavy (non-hydrogen) atoms. The zero-order valence-electron chi connectivity index (χ0n) is 14.6. The van der Waals surface area contributed by atoms with Crippen molar-refractivity contribution in [1.82, 2.24) is 10.3 Å². The van der Waals surface area contributed by atoms with Crippen LogP contribution in [0, 0.1) is 13.8 Å². The molecule has 1 aromatic carbocycles. The Kier molecular flexibility index (Phi) is 5.62. The number of rotatable bonds is 6. The van der Waals surface area contributed by atoms with Crippen LogP contribution in [-0.2, 0) is 0 Å². The molecule has 2 aromatic rings. The highest BCUT2D eigenvalue weighted by atomic mass is 16.3. The zero-order valence-corrected chi connectivity index (χ0v) is 14.6. The highest BCUT2D eigenvalue weighted by Gasteiger charge is 2.27. The van der Waals surface area contributed by atoms with Crippen molar-refractivity contribution in [1.29, 1.82) is 0 Å². The molecule has 3 N–H and O–H groups in total. The number of aliphatic hydroxyl groups excluding tert-OH is 1. The Bertz CT molecular complexity index is 697. The number of aryl methyl sites for hydroxylation is 2. The summed E-state index contributed by atoms with van der Waals surface area (Å²) in [5, 5.41) is 15.3. The van der Waals surface area contributed by atoms with Crippen molar-refractivity contribution >= 4 is 11.7 Å². The van der Waals surface area contributed by atoms with Crippen molar-refractivity contribution in [2.45, 2.75) is 46.1 Å². The lowest BCUT2D eigenvalue weighted by atomic mass is 9.94. The van der Waals surface area contributed by atoms with Gasteiger partial charge < -0.3 is 20.2 Å². The van der Waals surface area contributed by atoms with E-state index in [2.05, 4.69) is 15.6 Å². The quantitative estimate of drug-likeness (QED) is 0.754. The van der Waals surface area contributed by atoms with Gasteiger partial charge in [-0.1, -0.05) is 19.9 Å². The number of carbonyl (C=O) groups excluding carboxylic acids is 1. The number of oxazole rings is 1. The summed E-state index contributed by atoms with van der Waals surface area (Å²) in [7, 11) is 0. The van der Waals surface area contributed by atoms with Gasteiger partial charge in [0.05, 0.1) is 17.8 Å². The van der Waals surface area contributed by atoms with Gasteiger partial charge in [-0.3, -0.25) is 0 Å². The van der Waals surface area contributed by atoms with Gasteiger partial charge in [0.1, 0.15) is 6.26 Å². The van der Waals surface area contributed by atoms with E-state index in [4.69, 9.17) is 4.42 Å². The van der Waals surface area contributed by atoms with Gasteiger partial charge in [-0.05, 0) is 44.4 Å². The molecule has 0 aliphatic carbocycles. The summed E-state index contributed by atoms with van der Waals surface area (Å²) < 4.78 is 5.41. The maximum atomic E-state index is 12.3. The summed E-state index contributed by atoms with van der Waals surface area (Å²) in [4.78, 5) is 16.6. The molecule has 0 bridgehead atoms. The molecule has 1 heterocycles. The van der Waals surface area contributed by atoms with E-state index in [9.17, 15) is 9.90 Å². The topological polar surface area (TPSA) is 87.4 Å². The Balaban J connectivity index is 2.18. The fourth-order valence-electron chi connectivity index (χ4n) is 2.46. The average molecular weight is 331 g/mol. The van der Waals surface area contributed by atoms with Gasteiger partial charge in [0.15, 0.2) is 0 Å². The molecule has 0 unspecified atom stereocenters. The normalized spacial score (nSPS) is 11.4. The molecule has 6 heteroatoms. The minimum atomic E-state index is -0.602. The number of nitrogens with zero attached hydrogens (tertiary/aromatic N) is 1. The summed E-state index contributed by atoms with van der Waals surface area (Å²) in [5.41, 5.74) is 2.61. The molecule has 0 radical (unpaired) electrons. The monoisotopic (exact) mass is 331 g/mol. The summed E-state index contributed by atoms with van der Waals surface area (Å²) >= 11 is 0. The van der Waals surface area contributed by atoms with E-state index in [1.165, 1.54) is 0 Å². The van der Waals surface area contributed by atoms with Crippen LogP contribution < -0.4 is 10.6 Å². The third kappa shape index (κ3) is 3.94. The molecule has 2 amide bonds. The fraction of sp³-hybridized carbons (Fsp3) is 0.444. The van der Waals surface area contributed by atoms with Gasteiger partial charge in [0, 0.05) is 11.3 Å². The minimum Gasteiger partial charge on any atom is -0.444 e. The molecule has 0 spiro atoms. The van der Waals surface area contributed by atoms with Crippen LogP contribution in [0.1, 0.15) is 37.9 Å². The van der Waals surface area contributed by atoms with Crippen LogP contribution in [0.2, 0.25) is 0 Å². The highest BCUT2D eigenvalue weighted by molar-refractivity contribution is 5.91. The molecule has 0 saturated carbocycles. The van der Waals surface area contributed by atoms with E-state index in [1.807, 2.05) is 45.9 Å². The Hall–Kier alpha value is -2.34. The Morgan fingerprint density at radius 1 is 1.29 bits per heavy atom. The molecule has 130 valence electrons.